The first-order valence-electron chi connectivity index (χ1n) is 6.73. The lowest BCUT2D eigenvalue weighted by atomic mass is 10.3. The van der Waals surface area contributed by atoms with Gasteiger partial charge in [0, 0.05) is 19.8 Å². The number of carbonyl (C=O) groups is 1. The predicted molar refractivity (Wildman–Crippen MR) is 82.9 cm³/mol. The van der Waals surface area contributed by atoms with E-state index in [0.717, 1.165) is 5.69 Å². The van der Waals surface area contributed by atoms with Gasteiger partial charge in [0.15, 0.2) is 11.5 Å². The second kappa shape index (κ2) is 5.87. The minimum Gasteiger partial charge on any atom is -0.458 e. The van der Waals surface area contributed by atoms with Gasteiger partial charge in [-0.15, -0.1) is 0 Å². The lowest BCUT2D eigenvalue weighted by molar-refractivity contribution is 0.0370. The van der Waals surface area contributed by atoms with Gasteiger partial charge >= 0.3 is 5.97 Å². The van der Waals surface area contributed by atoms with Crippen LogP contribution >= 0.6 is 0 Å². The number of para-hydroxylation sites is 1. The minimum atomic E-state index is -0.480. The van der Waals surface area contributed by atoms with Crippen LogP contribution in [0.5, 0.6) is 0 Å². The molecule has 6 nitrogen and oxygen atoms in total. The van der Waals surface area contributed by atoms with Crippen LogP contribution in [0.15, 0.2) is 30.3 Å². The fourth-order valence-corrected chi connectivity index (χ4v) is 2.01. The van der Waals surface area contributed by atoms with Crippen molar-refractivity contribution in [3.63, 3.8) is 0 Å². The van der Waals surface area contributed by atoms with Gasteiger partial charge < -0.3 is 15.4 Å². The van der Waals surface area contributed by atoms with E-state index >= 15 is 0 Å². The van der Waals surface area contributed by atoms with Crippen molar-refractivity contribution >= 4 is 17.7 Å². The van der Waals surface area contributed by atoms with Gasteiger partial charge in [0.25, 0.3) is 0 Å². The Morgan fingerprint density at radius 3 is 2.43 bits per heavy atom. The molecule has 0 unspecified atom stereocenters. The number of nitrogens with two attached hydrogens (primary N) is 1. The summed E-state index contributed by atoms with van der Waals surface area (Å²) in [6, 6.07) is 9.47. The average Bonchev–Trinajstić information content (AvgIpc) is 2.77. The zero-order valence-electron chi connectivity index (χ0n) is 12.7. The highest BCUT2D eigenvalue weighted by Crippen LogP contribution is 2.26. The lowest BCUT2D eigenvalue weighted by Crippen LogP contribution is -2.20. The van der Waals surface area contributed by atoms with Gasteiger partial charge in [0.1, 0.15) is 0 Å². The Kier molecular flexibility index (Phi) is 4.16. The van der Waals surface area contributed by atoms with Crippen LogP contribution in [0.25, 0.3) is 5.69 Å². The van der Waals surface area contributed by atoms with Crippen molar-refractivity contribution in [2.75, 3.05) is 24.7 Å². The molecule has 2 aromatic rings. The van der Waals surface area contributed by atoms with Crippen molar-refractivity contribution < 1.29 is 9.53 Å². The van der Waals surface area contributed by atoms with Crippen LogP contribution < -0.4 is 10.6 Å². The van der Waals surface area contributed by atoms with Crippen LogP contribution in [0.1, 0.15) is 24.3 Å². The molecular formula is C15H20N4O2. The second-order valence-electron chi connectivity index (χ2n) is 5.17. The molecular weight excluding hydrogens is 268 g/mol. The normalized spacial score (nSPS) is 10.7. The number of carbonyl (C=O) groups excluding carboxylic acids is 1. The second-order valence-corrected chi connectivity index (χ2v) is 5.17. The third-order valence-electron chi connectivity index (χ3n) is 2.84. The summed E-state index contributed by atoms with van der Waals surface area (Å²) in [6.45, 7) is 3.59. The summed E-state index contributed by atoms with van der Waals surface area (Å²) in [4.78, 5) is 18.4. The summed E-state index contributed by atoms with van der Waals surface area (Å²) < 4.78 is 6.98. The molecule has 2 rings (SSSR count). The third-order valence-corrected chi connectivity index (χ3v) is 2.84. The molecule has 21 heavy (non-hydrogen) atoms. The van der Waals surface area contributed by atoms with Crippen molar-refractivity contribution in [3.8, 4) is 5.69 Å². The maximum atomic E-state index is 12.3. The molecule has 1 heterocycles. The number of hydrogen-bond acceptors (Lipinski definition) is 5. The zero-order chi connectivity index (χ0) is 15.6. The van der Waals surface area contributed by atoms with E-state index in [0.29, 0.717) is 5.95 Å². The van der Waals surface area contributed by atoms with Crippen molar-refractivity contribution in [3.05, 3.63) is 36.0 Å². The Balaban J connectivity index is 2.62. The van der Waals surface area contributed by atoms with Gasteiger partial charge in [-0.1, -0.05) is 18.2 Å². The summed E-state index contributed by atoms with van der Waals surface area (Å²) in [5.41, 5.74) is 6.99. The Hall–Kier alpha value is -2.50. The van der Waals surface area contributed by atoms with Crippen molar-refractivity contribution in [1.29, 1.82) is 0 Å². The molecule has 0 aliphatic heterocycles. The Labute approximate surface area is 124 Å². The maximum absolute atomic E-state index is 12.3. The van der Waals surface area contributed by atoms with Gasteiger partial charge in [0.2, 0.25) is 5.95 Å². The van der Waals surface area contributed by atoms with Crippen LogP contribution in [-0.2, 0) is 4.74 Å². The largest absolute Gasteiger partial charge is 0.458 e. The molecule has 0 spiro atoms. The van der Waals surface area contributed by atoms with E-state index in [1.807, 2.05) is 44.4 Å². The number of esters is 1. The van der Waals surface area contributed by atoms with Crippen LogP contribution in [-0.4, -0.2) is 35.7 Å². The number of benzene rings is 1. The number of nitrogen functional groups attached to an aromatic ring is 1. The van der Waals surface area contributed by atoms with E-state index in [4.69, 9.17) is 10.5 Å². The zero-order valence-corrected chi connectivity index (χ0v) is 12.7. The molecule has 6 heteroatoms. The van der Waals surface area contributed by atoms with Gasteiger partial charge in [-0.05, 0) is 26.0 Å². The highest BCUT2D eigenvalue weighted by molar-refractivity contribution is 5.94. The van der Waals surface area contributed by atoms with Gasteiger partial charge in [-0.3, -0.25) is 4.57 Å². The van der Waals surface area contributed by atoms with Crippen LogP contribution in [0.2, 0.25) is 0 Å². The first kappa shape index (κ1) is 14.9. The molecule has 0 radical (unpaired) electrons. The monoisotopic (exact) mass is 288 g/mol. The Morgan fingerprint density at radius 2 is 1.90 bits per heavy atom. The molecule has 2 N–H and O–H groups in total. The summed E-state index contributed by atoms with van der Waals surface area (Å²) in [5, 5.41) is 0. The van der Waals surface area contributed by atoms with Gasteiger partial charge in [-0.2, -0.15) is 4.98 Å². The molecule has 0 bridgehead atoms. The third kappa shape index (κ3) is 2.99. The van der Waals surface area contributed by atoms with Crippen molar-refractivity contribution in [2.24, 2.45) is 0 Å². The first-order chi connectivity index (χ1) is 9.91. The topological polar surface area (TPSA) is 73.4 Å². The minimum absolute atomic E-state index is 0.160. The number of rotatable bonds is 4. The quantitative estimate of drug-likeness (QED) is 0.872. The number of ether oxygens (including phenoxy) is 1. The summed E-state index contributed by atoms with van der Waals surface area (Å²) in [5.74, 6) is 0.259. The molecule has 0 saturated carbocycles. The van der Waals surface area contributed by atoms with Gasteiger partial charge in [-0.25, -0.2) is 4.79 Å². The van der Waals surface area contributed by atoms with Crippen LogP contribution in [0.4, 0.5) is 11.8 Å². The van der Waals surface area contributed by atoms with Crippen molar-refractivity contribution in [2.45, 2.75) is 20.0 Å². The SMILES string of the molecule is CC(C)OC(=O)c1c(N)nc(N(C)C)n1-c1ccccc1. The van der Waals surface area contributed by atoms with E-state index < -0.39 is 5.97 Å². The number of aromatic nitrogens is 2. The van der Waals surface area contributed by atoms with Gasteiger partial charge in [0.05, 0.1) is 6.10 Å². The smallest absolute Gasteiger partial charge is 0.359 e. The molecule has 0 atom stereocenters. The van der Waals surface area contributed by atoms with E-state index in [-0.39, 0.29) is 17.6 Å². The summed E-state index contributed by atoms with van der Waals surface area (Å²) in [7, 11) is 3.69. The number of hydrogen-bond donors (Lipinski definition) is 1. The van der Waals surface area contributed by atoms with Crippen LogP contribution in [0, 0.1) is 0 Å². The predicted octanol–water partition coefficient (Wildman–Crippen LogP) is 2.09. The van der Waals surface area contributed by atoms with Crippen molar-refractivity contribution in [1.82, 2.24) is 9.55 Å². The molecule has 0 aliphatic carbocycles. The fraction of sp³-hybridized carbons (Fsp3) is 0.333. The standard InChI is InChI=1S/C15H20N4O2/c1-10(2)21-14(20)12-13(16)17-15(18(3)4)19(12)11-8-6-5-7-9-11/h5-10H,16H2,1-4H3. The van der Waals surface area contributed by atoms with E-state index in [1.165, 1.54) is 0 Å². The Bertz CT molecular complexity index is 633. The Morgan fingerprint density at radius 1 is 1.29 bits per heavy atom. The van der Waals surface area contributed by atoms with Crippen LogP contribution in [0.3, 0.4) is 0 Å². The van der Waals surface area contributed by atoms with E-state index in [9.17, 15) is 4.79 Å². The first-order valence-corrected chi connectivity index (χ1v) is 6.73. The summed E-state index contributed by atoms with van der Waals surface area (Å²) in [6.07, 6.45) is -0.223. The average molecular weight is 288 g/mol. The van der Waals surface area contributed by atoms with E-state index in [2.05, 4.69) is 4.98 Å². The fourth-order valence-electron chi connectivity index (χ4n) is 2.01. The maximum Gasteiger partial charge on any atom is 0.359 e. The molecule has 0 fully saturated rings. The number of imidazole rings is 1. The molecule has 0 amide bonds. The molecule has 112 valence electrons. The number of anilines is 2. The molecule has 1 aromatic carbocycles. The van der Waals surface area contributed by atoms with E-state index in [1.54, 1.807) is 23.3 Å². The lowest BCUT2D eigenvalue weighted by Gasteiger charge is -2.16. The highest BCUT2D eigenvalue weighted by atomic mass is 16.5. The number of nitrogens with zero attached hydrogens (tertiary/aromatic N) is 3. The summed E-state index contributed by atoms with van der Waals surface area (Å²) >= 11 is 0. The highest BCUT2D eigenvalue weighted by Gasteiger charge is 2.25. The molecule has 0 aliphatic rings. The molecule has 1 aromatic heterocycles. The molecule has 0 saturated heterocycles.